The summed E-state index contributed by atoms with van der Waals surface area (Å²) in [5, 5.41) is 19.4. The highest BCUT2D eigenvalue weighted by Gasteiger charge is 2.11. The Hall–Kier alpha value is -0.390. The molecule has 2 heterocycles. The van der Waals surface area contributed by atoms with Gasteiger partial charge in [-0.25, -0.2) is 0 Å². The van der Waals surface area contributed by atoms with Gasteiger partial charge in [-0.15, -0.1) is 11.3 Å². The number of hydrogen-bond donors (Lipinski definition) is 2. The molecule has 86 valence electrons. The summed E-state index contributed by atoms with van der Waals surface area (Å²) in [4.78, 5) is 1.11. The molecule has 0 amide bonds. The lowest BCUT2D eigenvalue weighted by atomic mass is 10.1. The summed E-state index contributed by atoms with van der Waals surface area (Å²) in [6.07, 6.45) is 0. The van der Waals surface area contributed by atoms with E-state index in [-0.39, 0.29) is 12.6 Å². The molecule has 0 saturated carbocycles. The van der Waals surface area contributed by atoms with Crippen molar-refractivity contribution in [1.82, 2.24) is 5.32 Å². The van der Waals surface area contributed by atoms with Gasteiger partial charge in [0.2, 0.25) is 0 Å². The third-order valence-electron chi connectivity index (χ3n) is 2.33. The van der Waals surface area contributed by atoms with Gasteiger partial charge >= 0.3 is 0 Å². The number of hydrogen-bond acceptors (Lipinski definition) is 4. The fourth-order valence-electron chi connectivity index (χ4n) is 1.43. The molecule has 0 aliphatic carbocycles. The van der Waals surface area contributed by atoms with Crippen molar-refractivity contribution in [2.75, 3.05) is 6.61 Å². The molecule has 2 rings (SSSR count). The number of aliphatic hydroxyl groups excluding tert-OH is 1. The molecule has 0 saturated heterocycles. The first-order chi connectivity index (χ1) is 7.81. The summed E-state index contributed by atoms with van der Waals surface area (Å²) < 4.78 is 0. The average Bonchev–Trinajstić information content (AvgIpc) is 2.92. The van der Waals surface area contributed by atoms with Crippen molar-refractivity contribution in [3.63, 3.8) is 0 Å². The van der Waals surface area contributed by atoms with Gasteiger partial charge < -0.3 is 10.4 Å². The average molecular weight is 274 g/mol. The van der Waals surface area contributed by atoms with Crippen LogP contribution in [0.25, 0.3) is 0 Å². The quantitative estimate of drug-likeness (QED) is 0.876. The molecule has 16 heavy (non-hydrogen) atoms. The molecular formula is C11H12ClNOS2. The van der Waals surface area contributed by atoms with Crippen molar-refractivity contribution >= 4 is 34.3 Å². The van der Waals surface area contributed by atoms with E-state index in [4.69, 9.17) is 11.6 Å². The van der Waals surface area contributed by atoms with E-state index in [0.29, 0.717) is 6.54 Å². The fourth-order valence-corrected chi connectivity index (χ4v) is 3.20. The first kappa shape index (κ1) is 12.1. The Labute approximate surface area is 108 Å². The minimum atomic E-state index is -0.00980. The lowest BCUT2D eigenvalue weighted by Gasteiger charge is -2.14. The zero-order valence-electron chi connectivity index (χ0n) is 8.52. The van der Waals surface area contributed by atoms with Crippen molar-refractivity contribution in [2.24, 2.45) is 0 Å². The molecule has 0 spiro atoms. The highest BCUT2D eigenvalue weighted by molar-refractivity contribution is 7.10. The molecule has 2 N–H and O–H groups in total. The molecule has 2 nitrogen and oxygen atoms in total. The van der Waals surface area contributed by atoms with Crippen LogP contribution < -0.4 is 5.32 Å². The van der Waals surface area contributed by atoms with E-state index >= 15 is 0 Å². The Morgan fingerprint density at radius 2 is 2.25 bits per heavy atom. The maximum absolute atomic E-state index is 9.31. The minimum Gasteiger partial charge on any atom is -0.394 e. The molecule has 0 aliphatic rings. The van der Waals surface area contributed by atoms with E-state index in [2.05, 4.69) is 5.32 Å². The van der Waals surface area contributed by atoms with E-state index in [0.717, 1.165) is 15.5 Å². The van der Waals surface area contributed by atoms with Crippen LogP contribution >= 0.6 is 34.3 Å². The van der Waals surface area contributed by atoms with Crippen LogP contribution in [-0.2, 0) is 6.54 Å². The van der Waals surface area contributed by atoms with Crippen LogP contribution in [-0.4, -0.2) is 11.7 Å². The molecule has 1 atom stereocenters. The molecule has 0 fully saturated rings. The number of nitrogens with one attached hydrogen (secondary N) is 1. The Morgan fingerprint density at radius 3 is 2.81 bits per heavy atom. The lowest BCUT2D eigenvalue weighted by molar-refractivity contribution is 0.244. The van der Waals surface area contributed by atoms with Crippen molar-refractivity contribution in [2.45, 2.75) is 12.6 Å². The van der Waals surface area contributed by atoms with Gasteiger partial charge in [-0.2, -0.15) is 11.3 Å². The molecule has 0 bridgehead atoms. The third-order valence-corrected chi connectivity index (χ3v) is 4.42. The summed E-state index contributed by atoms with van der Waals surface area (Å²) >= 11 is 9.26. The second-order valence-electron chi connectivity index (χ2n) is 3.36. The Bertz CT molecular complexity index is 427. The van der Waals surface area contributed by atoms with Gasteiger partial charge in [0.1, 0.15) is 0 Å². The normalized spacial score (nSPS) is 12.9. The highest BCUT2D eigenvalue weighted by Crippen LogP contribution is 2.23. The van der Waals surface area contributed by atoms with Crippen molar-refractivity contribution in [3.05, 3.63) is 43.7 Å². The Kier molecular flexibility index (Phi) is 4.37. The van der Waals surface area contributed by atoms with Gasteiger partial charge in [0.25, 0.3) is 0 Å². The first-order valence-electron chi connectivity index (χ1n) is 4.89. The predicted molar refractivity (Wildman–Crippen MR) is 70.3 cm³/mol. The van der Waals surface area contributed by atoms with Crippen LogP contribution in [0.15, 0.2) is 28.3 Å². The Morgan fingerprint density at radius 1 is 1.38 bits per heavy atom. The van der Waals surface area contributed by atoms with Gasteiger partial charge in [-0.05, 0) is 33.8 Å². The summed E-state index contributed by atoms with van der Waals surface area (Å²) in [5.74, 6) is 0. The van der Waals surface area contributed by atoms with Crippen LogP contribution in [0.2, 0.25) is 5.02 Å². The molecule has 0 aromatic carbocycles. The summed E-state index contributed by atoms with van der Waals surface area (Å²) in [7, 11) is 0. The second kappa shape index (κ2) is 5.80. The largest absolute Gasteiger partial charge is 0.394 e. The van der Waals surface area contributed by atoms with Gasteiger partial charge in [-0.3, -0.25) is 0 Å². The van der Waals surface area contributed by atoms with Crippen molar-refractivity contribution in [3.8, 4) is 0 Å². The SMILES string of the molecule is OCC(NCc1sccc1Cl)c1ccsc1. The smallest absolute Gasteiger partial charge is 0.0626 e. The monoisotopic (exact) mass is 273 g/mol. The third kappa shape index (κ3) is 2.84. The van der Waals surface area contributed by atoms with Gasteiger partial charge in [0.05, 0.1) is 17.7 Å². The van der Waals surface area contributed by atoms with Crippen molar-refractivity contribution < 1.29 is 5.11 Å². The fraction of sp³-hybridized carbons (Fsp3) is 0.273. The van der Waals surface area contributed by atoms with Crippen LogP contribution in [0.5, 0.6) is 0 Å². The van der Waals surface area contributed by atoms with E-state index in [1.165, 1.54) is 0 Å². The topological polar surface area (TPSA) is 32.3 Å². The minimum absolute atomic E-state index is 0.00980. The number of aliphatic hydroxyl groups is 1. The maximum atomic E-state index is 9.31. The summed E-state index contributed by atoms with van der Waals surface area (Å²) in [6.45, 7) is 0.789. The maximum Gasteiger partial charge on any atom is 0.0626 e. The number of rotatable bonds is 5. The molecule has 0 radical (unpaired) electrons. The predicted octanol–water partition coefficient (Wildman–Crippen LogP) is 3.29. The van der Waals surface area contributed by atoms with E-state index < -0.39 is 0 Å². The summed E-state index contributed by atoms with van der Waals surface area (Å²) in [5.41, 5.74) is 1.13. The zero-order chi connectivity index (χ0) is 11.4. The van der Waals surface area contributed by atoms with Crippen LogP contribution in [0.3, 0.4) is 0 Å². The molecule has 1 unspecified atom stereocenters. The molecule has 5 heteroatoms. The van der Waals surface area contributed by atoms with Gasteiger partial charge in [0.15, 0.2) is 0 Å². The van der Waals surface area contributed by atoms with Crippen LogP contribution in [0.1, 0.15) is 16.5 Å². The lowest BCUT2D eigenvalue weighted by Crippen LogP contribution is -2.23. The first-order valence-corrected chi connectivity index (χ1v) is 7.09. The van der Waals surface area contributed by atoms with Crippen LogP contribution in [0, 0.1) is 0 Å². The molecular weight excluding hydrogens is 262 g/mol. The Balaban J connectivity index is 1.96. The van der Waals surface area contributed by atoms with E-state index in [1.54, 1.807) is 22.7 Å². The number of halogens is 1. The molecule has 2 aromatic rings. The zero-order valence-corrected chi connectivity index (χ0v) is 10.9. The number of thiophene rings is 2. The molecule has 2 aromatic heterocycles. The van der Waals surface area contributed by atoms with Gasteiger partial charge in [-0.1, -0.05) is 11.6 Å². The van der Waals surface area contributed by atoms with Crippen molar-refractivity contribution in [1.29, 1.82) is 0 Å². The van der Waals surface area contributed by atoms with E-state index in [1.807, 2.05) is 28.3 Å². The highest BCUT2D eigenvalue weighted by atomic mass is 35.5. The van der Waals surface area contributed by atoms with E-state index in [9.17, 15) is 5.11 Å². The van der Waals surface area contributed by atoms with Crippen LogP contribution in [0.4, 0.5) is 0 Å². The standard InChI is InChI=1S/C11H12ClNOS2/c12-9-2-4-16-11(9)5-13-10(6-14)8-1-3-15-7-8/h1-4,7,10,13-14H,5-6H2. The van der Waals surface area contributed by atoms with Gasteiger partial charge in [0, 0.05) is 11.4 Å². The second-order valence-corrected chi connectivity index (χ2v) is 5.55. The molecule has 0 aliphatic heterocycles. The summed E-state index contributed by atoms with van der Waals surface area (Å²) in [6, 6.07) is 3.90.